The smallest absolute Gasteiger partial charge is 0.0876 e. The van der Waals surface area contributed by atoms with Gasteiger partial charge in [-0.25, -0.2) is 0 Å². The van der Waals surface area contributed by atoms with Crippen molar-refractivity contribution in [1.29, 1.82) is 0 Å². The Morgan fingerprint density at radius 1 is 1.28 bits per heavy atom. The van der Waals surface area contributed by atoms with Gasteiger partial charge in [0.25, 0.3) is 0 Å². The van der Waals surface area contributed by atoms with Gasteiger partial charge >= 0.3 is 0 Å². The van der Waals surface area contributed by atoms with Crippen molar-refractivity contribution in [3.63, 3.8) is 0 Å². The van der Waals surface area contributed by atoms with E-state index < -0.39 is 0 Å². The molecule has 0 aromatic rings. The summed E-state index contributed by atoms with van der Waals surface area (Å²) in [6, 6.07) is 0.577. The molecule has 0 spiro atoms. The Morgan fingerprint density at radius 2 is 2.06 bits per heavy atom. The molecule has 0 amide bonds. The van der Waals surface area contributed by atoms with E-state index in [0.717, 1.165) is 25.0 Å². The number of ether oxygens (including phenoxy) is 1. The van der Waals surface area contributed by atoms with E-state index in [1.807, 2.05) is 6.26 Å². The third-order valence-corrected chi connectivity index (χ3v) is 4.73. The van der Waals surface area contributed by atoms with Gasteiger partial charge in [0.05, 0.1) is 12.9 Å². The lowest BCUT2D eigenvalue weighted by Gasteiger charge is -2.36. The quantitative estimate of drug-likeness (QED) is 0.800. The molecule has 1 atom stereocenters. The Morgan fingerprint density at radius 3 is 2.61 bits per heavy atom. The first-order valence-electron chi connectivity index (χ1n) is 7.89. The lowest BCUT2D eigenvalue weighted by atomic mass is 9.75. The highest BCUT2D eigenvalue weighted by molar-refractivity contribution is 5.12. The first-order valence-corrected chi connectivity index (χ1v) is 7.89. The summed E-state index contributed by atoms with van der Waals surface area (Å²) in [7, 11) is 0. The van der Waals surface area contributed by atoms with Gasteiger partial charge in [0, 0.05) is 6.04 Å². The highest BCUT2D eigenvalue weighted by Gasteiger charge is 2.29. The van der Waals surface area contributed by atoms with Crippen LogP contribution in [0.25, 0.3) is 0 Å². The molecule has 0 aromatic carbocycles. The molecular weight excluding hydrogens is 222 g/mol. The molecule has 0 saturated heterocycles. The van der Waals surface area contributed by atoms with E-state index in [9.17, 15) is 0 Å². The molecule has 1 aliphatic carbocycles. The van der Waals surface area contributed by atoms with Gasteiger partial charge in [-0.3, -0.25) is 0 Å². The van der Waals surface area contributed by atoms with Gasteiger partial charge in [0.1, 0.15) is 0 Å². The second kappa shape index (κ2) is 7.18. The lowest BCUT2D eigenvalue weighted by Crippen LogP contribution is -2.40. The van der Waals surface area contributed by atoms with E-state index >= 15 is 0 Å². The summed E-state index contributed by atoms with van der Waals surface area (Å²) in [5.41, 5.74) is 1.52. The molecule has 1 unspecified atom stereocenters. The Balaban J connectivity index is 1.95. The Labute approximate surface area is 112 Å². The first kappa shape index (κ1) is 13.9. The fraction of sp³-hybridized carbons (Fsp3) is 0.875. The maximum Gasteiger partial charge on any atom is 0.0876 e. The van der Waals surface area contributed by atoms with Crippen LogP contribution < -0.4 is 5.32 Å². The summed E-state index contributed by atoms with van der Waals surface area (Å²) >= 11 is 0. The van der Waals surface area contributed by atoms with Gasteiger partial charge in [-0.2, -0.15) is 0 Å². The van der Waals surface area contributed by atoms with Crippen molar-refractivity contribution in [2.45, 2.75) is 64.8 Å². The maximum atomic E-state index is 5.54. The topological polar surface area (TPSA) is 21.3 Å². The molecule has 104 valence electrons. The van der Waals surface area contributed by atoms with Crippen LogP contribution in [0, 0.1) is 11.8 Å². The van der Waals surface area contributed by atoms with Crippen LogP contribution in [0.5, 0.6) is 0 Å². The number of hydrogen-bond donors (Lipinski definition) is 1. The summed E-state index contributed by atoms with van der Waals surface area (Å²) in [5.74, 6) is 1.82. The SMILES string of the molecule is CCNC(C1=COCCC1)C1CCC(CC)CC1. The minimum absolute atomic E-state index is 0.577. The van der Waals surface area contributed by atoms with E-state index in [4.69, 9.17) is 4.74 Å². The molecule has 2 aliphatic rings. The molecule has 0 radical (unpaired) electrons. The molecular formula is C16H29NO. The zero-order valence-corrected chi connectivity index (χ0v) is 12.1. The highest BCUT2D eigenvalue weighted by Crippen LogP contribution is 2.35. The van der Waals surface area contributed by atoms with Crippen LogP contribution in [0.3, 0.4) is 0 Å². The van der Waals surface area contributed by atoms with Gasteiger partial charge in [-0.05, 0) is 49.6 Å². The Kier molecular flexibility index (Phi) is 5.55. The van der Waals surface area contributed by atoms with Crippen LogP contribution in [-0.2, 0) is 4.74 Å². The predicted molar refractivity (Wildman–Crippen MR) is 76.5 cm³/mol. The van der Waals surface area contributed by atoms with Crippen LogP contribution in [0.15, 0.2) is 11.8 Å². The van der Waals surface area contributed by atoms with Crippen molar-refractivity contribution in [2.24, 2.45) is 11.8 Å². The fourth-order valence-electron chi connectivity index (χ4n) is 3.56. The highest BCUT2D eigenvalue weighted by atomic mass is 16.5. The average Bonchev–Trinajstić information content (AvgIpc) is 2.46. The normalized spacial score (nSPS) is 30.4. The molecule has 2 rings (SSSR count). The Bertz CT molecular complexity index is 266. The molecule has 1 fully saturated rings. The van der Waals surface area contributed by atoms with E-state index in [0.29, 0.717) is 6.04 Å². The molecule has 1 aliphatic heterocycles. The number of hydrogen-bond acceptors (Lipinski definition) is 2. The van der Waals surface area contributed by atoms with Crippen molar-refractivity contribution in [1.82, 2.24) is 5.32 Å². The van der Waals surface area contributed by atoms with Crippen LogP contribution in [0.4, 0.5) is 0 Å². The van der Waals surface area contributed by atoms with Crippen LogP contribution in [-0.4, -0.2) is 19.2 Å². The monoisotopic (exact) mass is 251 g/mol. The average molecular weight is 251 g/mol. The molecule has 1 heterocycles. The standard InChI is InChI=1S/C16H29NO/c1-3-13-7-9-14(10-8-13)16(17-4-2)15-6-5-11-18-12-15/h12-14,16-17H,3-11H2,1-2H3. The zero-order valence-electron chi connectivity index (χ0n) is 12.1. The number of rotatable bonds is 5. The van der Waals surface area contributed by atoms with Gasteiger partial charge in [-0.1, -0.05) is 33.1 Å². The summed E-state index contributed by atoms with van der Waals surface area (Å²) in [5, 5.41) is 3.71. The number of nitrogens with one attached hydrogen (secondary N) is 1. The second-order valence-electron chi connectivity index (χ2n) is 5.89. The summed E-state index contributed by atoms with van der Waals surface area (Å²) in [4.78, 5) is 0. The van der Waals surface area contributed by atoms with E-state index in [1.165, 1.54) is 50.5 Å². The summed E-state index contributed by atoms with van der Waals surface area (Å²) in [6.45, 7) is 6.53. The third kappa shape index (κ3) is 3.50. The maximum absolute atomic E-state index is 5.54. The van der Waals surface area contributed by atoms with Crippen molar-refractivity contribution < 1.29 is 4.74 Å². The molecule has 2 heteroatoms. The second-order valence-corrected chi connectivity index (χ2v) is 5.89. The van der Waals surface area contributed by atoms with Crippen molar-refractivity contribution in [3.05, 3.63) is 11.8 Å². The first-order chi connectivity index (χ1) is 8.85. The minimum atomic E-state index is 0.577. The number of likely N-dealkylation sites (N-methyl/N-ethyl adjacent to an activating group) is 1. The van der Waals surface area contributed by atoms with Gasteiger partial charge in [0.2, 0.25) is 0 Å². The largest absolute Gasteiger partial charge is 0.501 e. The predicted octanol–water partition coefficient (Wildman–Crippen LogP) is 3.88. The molecule has 18 heavy (non-hydrogen) atoms. The zero-order chi connectivity index (χ0) is 12.8. The van der Waals surface area contributed by atoms with Gasteiger partial charge in [-0.15, -0.1) is 0 Å². The summed E-state index contributed by atoms with van der Waals surface area (Å²) in [6.07, 6.45) is 11.5. The van der Waals surface area contributed by atoms with Gasteiger partial charge < -0.3 is 10.1 Å². The van der Waals surface area contributed by atoms with Crippen molar-refractivity contribution in [2.75, 3.05) is 13.2 Å². The van der Waals surface area contributed by atoms with Crippen molar-refractivity contribution >= 4 is 0 Å². The van der Waals surface area contributed by atoms with Gasteiger partial charge in [0.15, 0.2) is 0 Å². The molecule has 1 N–H and O–H groups in total. The molecule has 2 nitrogen and oxygen atoms in total. The van der Waals surface area contributed by atoms with Crippen molar-refractivity contribution in [3.8, 4) is 0 Å². The molecule has 0 aromatic heterocycles. The summed E-state index contributed by atoms with van der Waals surface area (Å²) < 4.78 is 5.54. The van der Waals surface area contributed by atoms with Crippen LogP contribution in [0.1, 0.15) is 58.8 Å². The van der Waals surface area contributed by atoms with Crippen LogP contribution in [0.2, 0.25) is 0 Å². The molecule has 1 saturated carbocycles. The lowest BCUT2D eigenvalue weighted by molar-refractivity contribution is 0.196. The third-order valence-electron chi connectivity index (χ3n) is 4.73. The van der Waals surface area contributed by atoms with E-state index in [2.05, 4.69) is 19.2 Å². The van der Waals surface area contributed by atoms with Crippen LogP contribution >= 0.6 is 0 Å². The van der Waals surface area contributed by atoms with E-state index in [1.54, 1.807) is 0 Å². The fourth-order valence-corrected chi connectivity index (χ4v) is 3.56. The minimum Gasteiger partial charge on any atom is -0.501 e. The van der Waals surface area contributed by atoms with E-state index in [-0.39, 0.29) is 0 Å². The Hall–Kier alpha value is -0.500. The molecule has 0 bridgehead atoms.